The highest BCUT2D eigenvalue weighted by Crippen LogP contribution is 2.42. The highest BCUT2D eigenvalue weighted by atomic mass is 15.1. The van der Waals surface area contributed by atoms with E-state index in [1.165, 1.54) is 93.1 Å². The summed E-state index contributed by atoms with van der Waals surface area (Å²) in [5.41, 5.74) is 15.1. The average molecular weight is 828 g/mol. The highest BCUT2D eigenvalue weighted by molar-refractivity contribution is 6.12. The van der Waals surface area contributed by atoms with Gasteiger partial charge in [-0.15, -0.1) is 0 Å². The fraction of sp³-hybridized carbons (Fsp3) is 0. The molecule has 0 fully saturated rings. The largest absolute Gasteiger partial charge is 0.310 e. The van der Waals surface area contributed by atoms with E-state index < -0.39 is 0 Å². The number of hydrogen-bond donors (Lipinski definition) is 0. The van der Waals surface area contributed by atoms with Crippen molar-refractivity contribution in [3.8, 4) is 33.6 Å². The van der Waals surface area contributed by atoms with Crippen molar-refractivity contribution in [2.75, 3.05) is 4.90 Å². The molecule has 13 rings (SSSR count). The monoisotopic (exact) mass is 827 g/mol. The fourth-order valence-electron chi connectivity index (χ4n) is 10.3. The van der Waals surface area contributed by atoms with E-state index in [1.807, 2.05) is 0 Å². The van der Waals surface area contributed by atoms with Gasteiger partial charge in [0.25, 0.3) is 0 Å². The van der Waals surface area contributed by atoms with Crippen LogP contribution in [0.1, 0.15) is 0 Å². The first kappa shape index (κ1) is 36.9. The smallest absolute Gasteiger partial charge is 0.0561 e. The second-order valence-electron chi connectivity index (χ2n) is 16.9. The van der Waals surface area contributed by atoms with E-state index >= 15 is 0 Å². The zero-order chi connectivity index (χ0) is 42.8. The molecule has 2 heterocycles. The van der Waals surface area contributed by atoms with Crippen LogP contribution in [0, 0.1) is 0 Å². The standard InChI is InChI=1S/C62H41N3/c1-2-18-47(19-3-1)64-59-25-10-8-22-54(59)56-38-37-50(41-62(56)64)63(49-35-30-45(31-36-49)52-24-12-16-43-14-4-6-20-51(43)52)48-33-28-42(29-34-48)46-32-39-61-57(40-46)55-23-9-11-26-60(55)65(61)58-27-13-17-44-15-5-7-21-53(44)58/h1-41H. The molecule has 2 aromatic heterocycles. The molecule has 0 amide bonds. The second-order valence-corrected chi connectivity index (χ2v) is 16.9. The molecule has 65 heavy (non-hydrogen) atoms. The number of aromatic nitrogens is 2. The van der Waals surface area contributed by atoms with Gasteiger partial charge in [0.15, 0.2) is 0 Å². The molecular weight excluding hydrogens is 787 g/mol. The SMILES string of the molecule is c1ccc(-n2c3ccccc3c3ccc(N(c4ccc(-c5ccc6c(c5)c5ccccc5n6-c5cccc6ccccc56)cc4)c4ccc(-c5cccc6ccccc56)cc4)cc32)cc1. The van der Waals surface area contributed by atoms with Crippen LogP contribution in [-0.4, -0.2) is 9.13 Å². The molecule has 0 aliphatic carbocycles. The molecule has 0 aliphatic heterocycles. The van der Waals surface area contributed by atoms with Gasteiger partial charge >= 0.3 is 0 Å². The average Bonchev–Trinajstić information content (AvgIpc) is 3.89. The number of fused-ring (bicyclic) bond motifs is 8. The predicted molar refractivity (Wildman–Crippen MR) is 276 cm³/mol. The molecule has 304 valence electrons. The van der Waals surface area contributed by atoms with Crippen LogP contribution in [0.2, 0.25) is 0 Å². The normalized spacial score (nSPS) is 11.7. The summed E-state index contributed by atoms with van der Waals surface area (Å²) in [5, 5.41) is 9.93. The maximum Gasteiger partial charge on any atom is 0.0561 e. The molecule has 3 heteroatoms. The Morgan fingerprint density at radius 3 is 1.51 bits per heavy atom. The first-order chi connectivity index (χ1) is 32.2. The van der Waals surface area contributed by atoms with Gasteiger partial charge in [-0.3, -0.25) is 0 Å². The van der Waals surface area contributed by atoms with Crippen molar-refractivity contribution in [1.82, 2.24) is 9.13 Å². The molecule has 11 aromatic carbocycles. The minimum atomic E-state index is 1.09. The van der Waals surface area contributed by atoms with Gasteiger partial charge in [0.2, 0.25) is 0 Å². The number of nitrogens with zero attached hydrogens (tertiary/aromatic N) is 3. The maximum atomic E-state index is 2.43. The zero-order valence-corrected chi connectivity index (χ0v) is 35.5. The lowest BCUT2D eigenvalue weighted by Crippen LogP contribution is -2.10. The van der Waals surface area contributed by atoms with E-state index in [0.717, 1.165) is 22.7 Å². The lowest BCUT2D eigenvalue weighted by atomic mass is 9.98. The van der Waals surface area contributed by atoms with Gasteiger partial charge in [-0.25, -0.2) is 0 Å². The molecule has 0 aliphatic rings. The maximum absolute atomic E-state index is 2.43. The van der Waals surface area contributed by atoms with Crippen molar-refractivity contribution in [3.05, 3.63) is 249 Å². The van der Waals surface area contributed by atoms with Gasteiger partial charge in [0.05, 0.1) is 27.8 Å². The molecule has 3 nitrogen and oxygen atoms in total. The van der Waals surface area contributed by atoms with E-state index in [4.69, 9.17) is 0 Å². The zero-order valence-electron chi connectivity index (χ0n) is 35.5. The third kappa shape index (κ3) is 6.05. The van der Waals surface area contributed by atoms with Gasteiger partial charge in [-0.05, 0) is 117 Å². The number of rotatable bonds is 7. The van der Waals surface area contributed by atoms with Crippen LogP contribution in [0.25, 0.3) is 98.8 Å². The highest BCUT2D eigenvalue weighted by Gasteiger charge is 2.19. The first-order valence-electron chi connectivity index (χ1n) is 22.3. The summed E-state index contributed by atoms with van der Waals surface area (Å²) in [4.78, 5) is 2.39. The van der Waals surface area contributed by atoms with Crippen molar-refractivity contribution in [2.45, 2.75) is 0 Å². The van der Waals surface area contributed by atoms with Crippen LogP contribution in [0.3, 0.4) is 0 Å². The van der Waals surface area contributed by atoms with Gasteiger partial charge in [0, 0.05) is 49.7 Å². The van der Waals surface area contributed by atoms with E-state index in [0.29, 0.717) is 0 Å². The Balaban J connectivity index is 0.946. The fourth-order valence-corrected chi connectivity index (χ4v) is 10.3. The number of anilines is 3. The minimum absolute atomic E-state index is 1.09. The van der Waals surface area contributed by atoms with E-state index in [9.17, 15) is 0 Å². The van der Waals surface area contributed by atoms with Crippen molar-refractivity contribution in [3.63, 3.8) is 0 Å². The Hall–Kier alpha value is -8.66. The topological polar surface area (TPSA) is 13.1 Å². The van der Waals surface area contributed by atoms with Crippen molar-refractivity contribution in [1.29, 1.82) is 0 Å². The summed E-state index contributed by atoms with van der Waals surface area (Å²) in [6.45, 7) is 0. The summed E-state index contributed by atoms with van der Waals surface area (Å²) in [6, 6.07) is 90.7. The number of benzene rings is 11. The van der Waals surface area contributed by atoms with E-state index in [1.54, 1.807) is 0 Å². The van der Waals surface area contributed by atoms with Gasteiger partial charge in [0.1, 0.15) is 0 Å². The van der Waals surface area contributed by atoms with Crippen molar-refractivity contribution >= 4 is 82.2 Å². The molecular formula is C62H41N3. The Morgan fingerprint density at radius 2 is 0.769 bits per heavy atom. The first-order valence-corrected chi connectivity index (χ1v) is 22.3. The summed E-state index contributed by atoms with van der Waals surface area (Å²) in [6.07, 6.45) is 0. The molecule has 0 saturated heterocycles. The molecule has 0 spiro atoms. The van der Waals surface area contributed by atoms with E-state index in [-0.39, 0.29) is 0 Å². The Labute approximate surface area is 376 Å². The van der Waals surface area contributed by atoms with Gasteiger partial charge in [-0.1, -0.05) is 170 Å². The minimum Gasteiger partial charge on any atom is -0.310 e. The molecule has 0 bridgehead atoms. The summed E-state index contributed by atoms with van der Waals surface area (Å²) < 4.78 is 4.82. The number of para-hydroxylation sites is 3. The van der Waals surface area contributed by atoms with Crippen molar-refractivity contribution in [2.24, 2.45) is 0 Å². The van der Waals surface area contributed by atoms with Crippen LogP contribution < -0.4 is 4.90 Å². The summed E-state index contributed by atoms with van der Waals surface area (Å²) in [7, 11) is 0. The summed E-state index contributed by atoms with van der Waals surface area (Å²) >= 11 is 0. The number of hydrogen-bond acceptors (Lipinski definition) is 1. The molecule has 0 atom stereocenters. The lowest BCUT2D eigenvalue weighted by Gasteiger charge is -2.26. The van der Waals surface area contributed by atoms with Gasteiger partial charge < -0.3 is 14.0 Å². The Bertz CT molecular complexity index is 3920. The molecule has 0 radical (unpaired) electrons. The van der Waals surface area contributed by atoms with Crippen LogP contribution >= 0.6 is 0 Å². The van der Waals surface area contributed by atoms with Gasteiger partial charge in [-0.2, -0.15) is 0 Å². The summed E-state index contributed by atoms with van der Waals surface area (Å²) in [5.74, 6) is 0. The van der Waals surface area contributed by atoms with Crippen LogP contribution in [0.5, 0.6) is 0 Å². The molecule has 13 aromatic rings. The molecule has 0 unspecified atom stereocenters. The second kappa shape index (κ2) is 15.0. The third-order valence-corrected chi connectivity index (χ3v) is 13.3. The molecule has 0 N–H and O–H groups in total. The Morgan fingerprint density at radius 1 is 0.262 bits per heavy atom. The van der Waals surface area contributed by atoms with Crippen LogP contribution in [-0.2, 0) is 0 Å². The predicted octanol–water partition coefficient (Wildman–Crippen LogP) is 17.0. The Kier molecular flexibility index (Phi) is 8.53. The molecule has 0 saturated carbocycles. The van der Waals surface area contributed by atoms with E-state index in [2.05, 4.69) is 263 Å². The van der Waals surface area contributed by atoms with Crippen LogP contribution in [0.4, 0.5) is 17.1 Å². The third-order valence-electron chi connectivity index (χ3n) is 13.3. The van der Waals surface area contributed by atoms with Crippen LogP contribution in [0.15, 0.2) is 249 Å². The quantitative estimate of drug-likeness (QED) is 0.156. The lowest BCUT2D eigenvalue weighted by molar-refractivity contribution is 1.18. The van der Waals surface area contributed by atoms with Crippen molar-refractivity contribution < 1.29 is 0 Å².